The summed E-state index contributed by atoms with van der Waals surface area (Å²) in [7, 11) is 0. The van der Waals surface area contributed by atoms with Crippen molar-refractivity contribution < 1.29 is 9.53 Å². The second kappa shape index (κ2) is 5.47. The number of amides is 2. The Morgan fingerprint density at radius 1 is 1.44 bits per heavy atom. The van der Waals surface area contributed by atoms with Gasteiger partial charge < -0.3 is 20.7 Å². The van der Waals surface area contributed by atoms with Crippen molar-refractivity contribution in [3.05, 3.63) is 0 Å². The topological polar surface area (TPSA) is 70.8 Å². The number of rotatable bonds is 5. The standard InChI is InChI=1S/C10H20N4O2/c11-1-5-16-6-4-13-2-3-14-9(8-13)7-12-10(14)15/h9H,1-8,11H2,(H,12,15). The molecule has 1 unspecified atom stereocenters. The zero-order valence-corrected chi connectivity index (χ0v) is 9.52. The molecular formula is C10H20N4O2. The number of nitrogens with two attached hydrogens (primary N) is 1. The third-order valence-corrected chi connectivity index (χ3v) is 3.13. The molecule has 0 radical (unpaired) electrons. The summed E-state index contributed by atoms with van der Waals surface area (Å²) in [4.78, 5) is 15.6. The largest absolute Gasteiger partial charge is 0.379 e. The number of urea groups is 1. The summed E-state index contributed by atoms with van der Waals surface area (Å²) < 4.78 is 5.36. The van der Waals surface area contributed by atoms with Gasteiger partial charge in [0.15, 0.2) is 0 Å². The molecule has 6 nitrogen and oxygen atoms in total. The molecule has 0 aromatic carbocycles. The Morgan fingerprint density at radius 2 is 2.31 bits per heavy atom. The molecule has 2 heterocycles. The van der Waals surface area contributed by atoms with Gasteiger partial charge in [0, 0.05) is 39.3 Å². The van der Waals surface area contributed by atoms with Crippen LogP contribution in [0.3, 0.4) is 0 Å². The van der Waals surface area contributed by atoms with Crippen molar-refractivity contribution in [2.45, 2.75) is 6.04 Å². The highest BCUT2D eigenvalue weighted by Gasteiger charge is 2.34. The molecule has 0 aliphatic carbocycles. The number of ether oxygens (including phenoxy) is 1. The predicted octanol–water partition coefficient (Wildman–Crippen LogP) is -1.33. The molecule has 1 atom stereocenters. The first kappa shape index (κ1) is 11.6. The number of nitrogens with one attached hydrogen (secondary N) is 1. The van der Waals surface area contributed by atoms with Crippen LogP contribution in [0.15, 0.2) is 0 Å². The maximum atomic E-state index is 11.4. The van der Waals surface area contributed by atoms with E-state index in [0.29, 0.717) is 19.2 Å². The van der Waals surface area contributed by atoms with E-state index >= 15 is 0 Å². The fourth-order valence-corrected chi connectivity index (χ4v) is 2.25. The lowest BCUT2D eigenvalue weighted by molar-refractivity contribution is 0.0746. The van der Waals surface area contributed by atoms with Gasteiger partial charge in [-0.15, -0.1) is 0 Å². The highest BCUT2D eigenvalue weighted by Crippen LogP contribution is 2.13. The van der Waals surface area contributed by atoms with Gasteiger partial charge in [0.05, 0.1) is 19.3 Å². The Kier molecular flexibility index (Phi) is 3.98. The second-order valence-corrected chi connectivity index (χ2v) is 4.23. The molecular weight excluding hydrogens is 208 g/mol. The summed E-state index contributed by atoms with van der Waals surface area (Å²) in [5.41, 5.74) is 5.34. The summed E-state index contributed by atoms with van der Waals surface area (Å²) in [5.74, 6) is 0. The molecule has 0 aromatic heterocycles. The summed E-state index contributed by atoms with van der Waals surface area (Å²) in [6.07, 6.45) is 0. The van der Waals surface area contributed by atoms with Gasteiger partial charge in [-0.1, -0.05) is 0 Å². The van der Waals surface area contributed by atoms with Gasteiger partial charge in [0.2, 0.25) is 0 Å². The first-order valence-electron chi connectivity index (χ1n) is 5.86. The Hall–Kier alpha value is -0.850. The molecule has 0 spiro atoms. The van der Waals surface area contributed by atoms with Crippen LogP contribution in [-0.4, -0.2) is 74.4 Å². The molecule has 2 fully saturated rings. The Balaban J connectivity index is 1.68. The number of fused-ring (bicyclic) bond motifs is 1. The van der Waals surface area contributed by atoms with Gasteiger partial charge in [-0.2, -0.15) is 0 Å². The van der Waals surface area contributed by atoms with E-state index in [-0.39, 0.29) is 6.03 Å². The smallest absolute Gasteiger partial charge is 0.317 e. The SMILES string of the molecule is NCCOCCN1CCN2C(=O)NCC2C1. The highest BCUT2D eigenvalue weighted by atomic mass is 16.5. The van der Waals surface area contributed by atoms with Gasteiger partial charge in [-0.3, -0.25) is 4.90 Å². The van der Waals surface area contributed by atoms with Crippen molar-refractivity contribution in [1.29, 1.82) is 0 Å². The first-order valence-corrected chi connectivity index (χ1v) is 5.86. The van der Waals surface area contributed by atoms with Gasteiger partial charge in [0.1, 0.15) is 0 Å². The summed E-state index contributed by atoms with van der Waals surface area (Å²) >= 11 is 0. The van der Waals surface area contributed by atoms with Crippen molar-refractivity contribution in [2.75, 3.05) is 52.5 Å². The van der Waals surface area contributed by atoms with Gasteiger partial charge in [0.25, 0.3) is 0 Å². The monoisotopic (exact) mass is 228 g/mol. The first-order chi connectivity index (χ1) is 7.81. The van der Waals surface area contributed by atoms with E-state index < -0.39 is 0 Å². The average molecular weight is 228 g/mol. The van der Waals surface area contributed by atoms with Crippen LogP contribution in [0.5, 0.6) is 0 Å². The molecule has 2 amide bonds. The fourth-order valence-electron chi connectivity index (χ4n) is 2.25. The normalized spacial score (nSPS) is 25.7. The van der Waals surface area contributed by atoms with Crippen LogP contribution in [0, 0.1) is 0 Å². The Bertz CT molecular complexity index is 249. The third-order valence-electron chi connectivity index (χ3n) is 3.13. The lowest BCUT2D eigenvalue weighted by atomic mass is 10.2. The summed E-state index contributed by atoms with van der Waals surface area (Å²) in [6.45, 7) is 6.36. The van der Waals surface area contributed by atoms with Gasteiger partial charge in [-0.05, 0) is 0 Å². The van der Waals surface area contributed by atoms with E-state index in [1.165, 1.54) is 0 Å². The average Bonchev–Trinajstić information content (AvgIpc) is 2.66. The summed E-state index contributed by atoms with van der Waals surface area (Å²) in [6, 6.07) is 0.430. The molecule has 92 valence electrons. The minimum atomic E-state index is 0.0871. The second-order valence-electron chi connectivity index (χ2n) is 4.23. The number of hydrogen-bond donors (Lipinski definition) is 2. The van der Waals surface area contributed by atoms with E-state index in [1.54, 1.807) is 0 Å². The van der Waals surface area contributed by atoms with E-state index in [2.05, 4.69) is 10.2 Å². The van der Waals surface area contributed by atoms with E-state index in [0.717, 1.165) is 39.3 Å². The minimum absolute atomic E-state index is 0.0871. The molecule has 16 heavy (non-hydrogen) atoms. The molecule has 6 heteroatoms. The number of piperazine rings is 1. The van der Waals surface area contributed by atoms with Crippen molar-refractivity contribution in [1.82, 2.24) is 15.1 Å². The number of hydrogen-bond acceptors (Lipinski definition) is 4. The maximum absolute atomic E-state index is 11.4. The molecule has 0 bridgehead atoms. The van der Waals surface area contributed by atoms with Crippen molar-refractivity contribution in [3.63, 3.8) is 0 Å². The van der Waals surface area contributed by atoms with Crippen LogP contribution in [0.25, 0.3) is 0 Å². The van der Waals surface area contributed by atoms with Crippen molar-refractivity contribution >= 4 is 6.03 Å². The van der Waals surface area contributed by atoms with Crippen LogP contribution < -0.4 is 11.1 Å². The molecule has 2 saturated heterocycles. The number of nitrogens with zero attached hydrogens (tertiary/aromatic N) is 2. The minimum Gasteiger partial charge on any atom is -0.379 e. The Morgan fingerprint density at radius 3 is 3.12 bits per heavy atom. The summed E-state index contributed by atoms with van der Waals surface area (Å²) in [5, 5.41) is 2.87. The Labute approximate surface area is 95.7 Å². The lowest BCUT2D eigenvalue weighted by Crippen LogP contribution is -2.52. The van der Waals surface area contributed by atoms with E-state index in [4.69, 9.17) is 10.5 Å². The number of carbonyl (C=O) groups excluding carboxylic acids is 1. The van der Waals surface area contributed by atoms with Crippen molar-refractivity contribution in [2.24, 2.45) is 5.73 Å². The molecule has 0 saturated carbocycles. The van der Waals surface area contributed by atoms with Crippen LogP contribution >= 0.6 is 0 Å². The molecule has 2 rings (SSSR count). The lowest BCUT2D eigenvalue weighted by Gasteiger charge is -2.36. The molecule has 3 N–H and O–H groups in total. The van der Waals surface area contributed by atoms with Crippen LogP contribution in [-0.2, 0) is 4.74 Å². The zero-order chi connectivity index (χ0) is 11.4. The fraction of sp³-hybridized carbons (Fsp3) is 0.900. The zero-order valence-electron chi connectivity index (χ0n) is 9.52. The van der Waals surface area contributed by atoms with Crippen LogP contribution in [0.1, 0.15) is 0 Å². The molecule has 2 aliphatic heterocycles. The predicted molar refractivity (Wildman–Crippen MR) is 60.2 cm³/mol. The quantitative estimate of drug-likeness (QED) is 0.572. The highest BCUT2D eigenvalue weighted by molar-refractivity contribution is 5.77. The van der Waals surface area contributed by atoms with Crippen molar-refractivity contribution in [3.8, 4) is 0 Å². The third kappa shape index (κ3) is 2.63. The van der Waals surface area contributed by atoms with E-state index in [9.17, 15) is 4.79 Å². The molecule has 2 aliphatic rings. The molecule has 0 aromatic rings. The van der Waals surface area contributed by atoms with Crippen LogP contribution in [0.4, 0.5) is 4.79 Å². The maximum Gasteiger partial charge on any atom is 0.317 e. The van der Waals surface area contributed by atoms with Gasteiger partial charge in [-0.25, -0.2) is 4.79 Å². The van der Waals surface area contributed by atoms with E-state index in [1.807, 2.05) is 4.90 Å². The number of carbonyl (C=O) groups is 1. The van der Waals surface area contributed by atoms with Gasteiger partial charge >= 0.3 is 6.03 Å². The van der Waals surface area contributed by atoms with Crippen LogP contribution in [0.2, 0.25) is 0 Å².